The fraction of sp³-hybridized carbons (Fsp3) is 0.0833. The summed E-state index contributed by atoms with van der Waals surface area (Å²) in [4.78, 5) is 10.3. The van der Waals surface area contributed by atoms with Gasteiger partial charge in [0.2, 0.25) is 0 Å². The molecule has 82 valence electrons. The van der Waals surface area contributed by atoms with E-state index in [1.165, 1.54) is 0 Å². The van der Waals surface area contributed by atoms with E-state index in [0.717, 1.165) is 17.0 Å². The summed E-state index contributed by atoms with van der Waals surface area (Å²) < 4.78 is 1.95. The Hall–Kier alpha value is -1.74. The van der Waals surface area contributed by atoms with Crippen molar-refractivity contribution >= 4 is 28.5 Å². The summed E-state index contributed by atoms with van der Waals surface area (Å²) >= 11 is 6.03. The Balaban J connectivity index is 2.32. The first-order chi connectivity index (χ1) is 7.68. The van der Waals surface area contributed by atoms with Crippen molar-refractivity contribution in [3.63, 3.8) is 0 Å². The summed E-state index contributed by atoms with van der Waals surface area (Å²) in [6.07, 6.45) is 4.63. The van der Waals surface area contributed by atoms with E-state index in [0.29, 0.717) is 11.6 Å². The highest BCUT2D eigenvalue weighted by Crippen LogP contribution is 2.24. The molecule has 0 saturated heterocycles. The minimum Gasteiger partial charge on any atom is -0.478 e. The molecule has 1 aromatic carbocycles. The Morgan fingerprint density at radius 1 is 1.44 bits per heavy atom. The van der Waals surface area contributed by atoms with Gasteiger partial charge in [0.1, 0.15) is 0 Å². The summed E-state index contributed by atoms with van der Waals surface area (Å²) in [6, 6.07) is 7.59. The molecule has 0 amide bonds. The van der Waals surface area contributed by atoms with Crippen LogP contribution in [0.15, 0.2) is 42.6 Å². The van der Waals surface area contributed by atoms with E-state index in [9.17, 15) is 4.79 Å². The van der Waals surface area contributed by atoms with Crippen molar-refractivity contribution in [1.82, 2.24) is 4.57 Å². The number of nitrogens with zero attached hydrogens (tertiary/aromatic N) is 1. The second kappa shape index (κ2) is 4.41. The van der Waals surface area contributed by atoms with Crippen molar-refractivity contribution in [2.75, 3.05) is 0 Å². The van der Waals surface area contributed by atoms with Crippen molar-refractivity contribution in [3.05, 3.63) is 47.6 Å². The molecule has 2 rings (SSSR count). The zero-order valence-corrected chi connectivity index (χ0v) is 9.19. The van der Waals surface area contributed by atoms with E-state index in [-0.39, 0.29) is 0 Å². The number of carbonyl (C=O) groups is 1. The predicted octanol–water partition coefficient (Wildman–Crippen LogP) is 2.94. The second-order valence-electron chi connectivity index (χ2n) is 3.38. The number of benzene rings is 1. The smallest absolute Gasteiger partial charge is 0.328 e. The van der Waals surface area contributed by atoms with E-state index in [4.69, 9.17) is 16.7 Å². The Morgan fingerprint density at radius 3 is 3.00 bits per heavy atom. The van der Waals surface area contributed by atoms with Gasteiger partial charge in [-0.25, -0.2) is 4.79 Å². The van der Waals surface area contributed by atoms with Crippen LogP contribution in [0.3, 0.4) is 0 Å². The Kier molecular flexibility index (Phi) is 2.97. The van der Waals surface area contributed by atoms with Gasteiger partial charge in [0, 0.05) is 34.7 Å². The SMILES string of the molecule is O=C(O)/C=C/Cn1ccc2c(Cl)cccc21. The summed E-state index contributed by atoms with van der Waals surface area (Å²) in [7, 11) is 0. The Labute approximate surface area is 97.6 Å². The van der Waals surface area contributed by atoms with Gasteiger partial charge in [0.15, 0.2) is 0 Å². The molecule has 2 aromatic rings. The largest absolute Gasteiger partial charge is 0.478 e. The molecule has 0 aliphatic rings. The lowest BCUT2D eigenvalue weighted by molar-refractivity contribution is -0.131. The summed E-state index contributed by atoms with van der Waals surface area (Å²) in [5.41, 5.74) is 1.00. The number of hydrogen-bond acceptors (Lipinski definition) is 1. The Bertz CT molecular complexity index is 557. The zero-order chi connectivity index (χ0) is 11.5. The summed E-state index contributed by atoms with van der Waals surface area (Å²) in [5, 5.41) is 10.2. The van der Waals surface area contributed by atoms with Crippen molar-refractivity contribution < 1.29 is 9.90 Å². The average molecular weight is 236 g/mol. The molecule has 0 bridgehead atoms. The van der Waals surface area contributed by atoms with Crippen LogP contribution < -0.4 is 0 Å². The van der Waals surface area contributed by atoms with Crippen LogP contribution in [0.2, 0.25) is 5.02 Å². The first-order valence-corrected chi connectivity index (χ1v) is 5.19. The molecule has 3 nitrogen and oxygen atoms in total. The molecule has 1 aromatic heterocycles. The molecule has 0 radical (unpaired) electrons. The molecule has 1 N–H and O–H groups in total. The number of hydrogen-bond donors (Lipinski definition) is 1. The van der Waals surface area contributed by atoms with Crippen molar-refractivity contribution in [2.45, 2.75) is 6.54 Å². The third-order valence-corrected chi connectivity index (χ3v) is 2.65. The van der Waals surface area contributed by atoms with Gasteiger partial charge in [0.25, 0.3) is 0 Å². The zero-order valence-electron chi connectivity index (χ0n) is 8.43. The van der Waals surface area contributed by atoms with Gasteiger partial charge in [0.05, 0.1) is 0 Å². The van der Waals surface area contributed by atoms with E-state index in [2.05, 4.69) is 0 Å². The maximum absolute atomic E-state index is 10.3. The number of aliphatic carboxylic acids is 1. The summed E-state index contributed by atoms with van der Waals surface area (Å²) in [5.74, 6) is -0.936. The second-order valence-corrected chi connectivity index (χ2v) is 3.79. The molecule has 1 heterocycles. The van der Waals surface area contributed by atoms with E-state index < -0.39 is 5.97 Å². The number of halogens is 1. The van der Waals surface area contributed by atoms with Crippen LogP contribution in [0.25, 0.3) is 10.9 Å². The van der Waals surface area contributed by atoms with Gasteiger partial charge in [-0.1, -0.05) is 23.7 Å². The van der Waals surface area contributed by atoms with E-state index in [1.807, 2.05) is 35.0 Å². The molecular formula is C12H10ClNO2. The highest BCUT2D eigenvalue weighted by atomic mass is 35.5. The van der Waals surface area contributed by atoms with E-state index >= 15 is 0 Å². The minimum absolute atomic E-state index is 0.524. The molecule has 4 heteroatoms. The van der Waals surface area contributed by atoms with Crippen molar-refractivity contribution in [2.24, 2.45) is 0 Å². The first-order valence-electron chi connectivity index (χ1n) is 4.81. The van der Waals surface area contributed by atoms with Gasteiger partial charge < -0.3 is 9.67 Å². The maximum atomic E-state index is 10.3. The van der Waals surface area contributed by atoms with Crippen molar-refractivity contribution in [3.8, 4) is 0 Å². The fourth-order valence-corrected chi connectivity index (χ4v) is 1.84. The number of fused-ring (bicyclic) bond motifs is 1. The molecule has 0 aliphatic carbocycles. The minimum atomic E-state index is -0.936. The maximum Gasteiger partial charge on any atom is 0.328 e. The molecule has 0 unspecified atom stereocenters. The molecule has 0 fully saturated rings. The predicted molar refractivity (Wildman–Crippen MR) is 63.7 cm³/mol. The van der Waals surface area contributed by atoms with Crippen LogP contribution in [0.4, 0.5) is 0 Å². The fourth-order valence-electron chi connectivity index (χ4n) is 1.61. The van der Waals surface area contributed by atoms with Gasteiger partial charge in [-0.05, 0) is 18.2 Å². The number of aromatic nitrogens is 1. The Morgan fingerprint density at radius 2 is 2.25 bits per heavy atom. The monoisotopic (exact) mass is 235 g/mol. The van der Waals surface area contributed by atoms with Crippen LogP contribution in [0, 0.1) is 0 Å². The lowest BCUT2D eigenvalue weighted by Gasteiger charge is -2.01. The van der Waals surface area contributed by atoms with Gasteiger partial charge in [-0.2, -0.15) is 0 Å². The van der Waals surface area contributed by atoms with Gasteiger partial charge >= 0.3 is 5.97 Å². The van der Waals surface area contributed by atoms with E-state index in [1.54, 1.807) is 6.08 Å². The van der Waals surface area contributed by atoms with Crippen LogP contribution in [0.1, 0.15) is 0 Å². The lowest BCUT2D eigenvalue weighted by atomic mass is 10.2. The van der Waals surface area contributed by atoms with Crippen LogP contribution >= 0.6 is 11.6 Å². The van der Waals surface area contributed by atoms with Crippen LogP contribution in [0.5, 0.6) is 0 Å². The normalized spacial score (nSPS) is 11.3. The number of allylic oxidation sites excluding steroid dienone is 1. The highest BCUT2D eigenvalue weighted by molar-refractivity contribution is 6.35. The molecule has 0 spiro atoms. The molecule has 0 saturated carbocycles. The molecule has 0 atom stereocenters. The van der Waals surface area contributed by atoms with Crippen molar-refractivity contribution in [1.29, 1.82) is 0 Å². The van der Waals surface area contributed by atoms with Gasteiger partial charge in [-0.15, -0.1) is 0 Å². The molecular weight excluding hydrogens is 226 g/mol. The standard InChI is InChI=1S/C12H10ClNO2/c13-10-3-1-4-11-9(10)6-8-14(11)7-2-5-12(15)16/h1-6,8H,7H2,(H,15,16)/b5-2+. The number of rotatable bonds is 3. The van der Waals surface area contributed by atoms with Gasteiger partial charge in [-0.3, -0.25) is 0 Å². The lowest BCUT2D eigenvalue weighted by Crippen LogP contribution is -1.94. The van der Waals surface area contributed by atoms with Crippen LogP contribution in [-0.4, -0.2) is 15.6 Å². The summed E-state index contributed by atoms with van der Waals surface area (Å²) in [6.45, 7) is 0.524. The first kappa shape index (κ1) is 10.8. The molecule has 0 aliphatic heterocycles. The topological polar surface area (TPSA) is 42.2 Å². The molecule has 16 heavy (non-hydrogen) atoms. The third kappa shape index (κ3) is 2.09. The average Bonchev–Trinajstić information content (AvgIpc) is 2.63. The van der Waals surface area contributed by atoms with Crippen LogP contribution in [-0.2, 0) is 11.3 Å². The quantitative estimate of drug-likeness (QED) is 0.832. The highest BCUT2D eigenvalue weighted by Gasteiger charge is 2.02. The number of carboxylic acids is 1. The third-order valence-electron chi connectivity index (χ3n) is 2.32. The number of carboxylic acid groups (broad SMARTS) is 1.